The lowest BCUT2D eigenvalue weighted by atomic mass is 10.1. The van der Waals surface area contributed by atoms with Crippen LogP contribution >= 0.6 is 11.8 Å². The van der Waals surface area contributed by atoms with Gasteiger partial charge in [-0.1, -0.05) is 16.9 Å². The Morgan fingerprint density at radius 1 is 1.03 bits per heavy atom. The Balaban J connectivity index is 1.62. The van der Waals surface area contributed by atoms with Gasteiger partial charge < -0.3 is 9.26 Å². The molecule has 1 N–H and O–H groups in total. The molecule has 14 heteroatoms. The molecule has 0 spiro atoms. The van der Waals surface area contributed by atoms with E-state index in [9.17, 15) is 26.3 Å². The molecule has 0 aliphatic carbocycles. The number of hydrogen-bond acceptors (Lipinski definition) is 7. The first kappa shape index (κ1) is 21.9. The molecule has 0 saturated heterocycles. The number of thioether (sulfide) groups is 1. The van der Waals surface area contributed by atoms with E-state index in [1.54, 1.807) is 26.0 Å². The molecule has 0 saturated carbocycles. The normalized spacial score (nSPS) is 12.4. The van der Waals surface area contributed by atoms with Crippen LogP contribution in [0.2, 0.25) is 0 Å². The molecule has 0 atom stereocenters. The van der Waals surface area contributed by atoms with Crippen molar-refractivity contribution in [1.29, 1.82) is 0 Å². The van der Waals surface area contributed by atoms with E-state index in [2.05, 4.69) is 24.7 Å². The molecule has 0 fully saturated rings. The summed E-state index contributed by atoms with van der Waals surface area (Å²) in [6.45, 7) is 3.52. The van der Waals surface area contributed by atoms with Crippen molar-refractivity contribution < 1.29 is 35.6 Å². The standard InChI is InChI=1S/C16H13F6N5O2S/c1-7-5-9(11-23-13(29-27-11)16(20,21)22)6-8(2)10(7)28-3-4-30-14-24-12(25-26-14)15(17,18)19/h5-6H,3-4H2,1-2H3,(H,24,25,26). The van der Waals surface area contributed by atoms with Gasteiger partial charge in [-0.05, 0) is 37.1 Å². The summed E-state index contributed by atoms with van der Waals surface area (Å²) >= 11 is 0.976. The number of halogens is 6. The second-order valence-corrected chi connectivity index (χ2v) is 7.08. The zero-order valence-electron chi connectivity index (χ0n) is 15.4. The van der Waals surface area contributed by atoms with Crippen LogP contribution in [-0.4, -0.2) is 37.7 Å². The number of hydrogen-bond donors (Lipinski definition) is 1. The van der Waals surface area contributed by atoms with E-state index in [1.165, 1.54) is 0 Å². The third-order valence-corrected chi connectivity index (χ3v) is 4.49. The molecule has 7 nitrogen and oxygen atoms in total. The summed E-state index contributed by atoms with van der Waals surface area (Å²) in [5.74, 6) is -2.06. The second kappa shape index (κ2) is 8.16. The van der Waals surface area contributed by atoms with Crippen LogP contribution in [0.4, 0.5) is 26.3 Å². The zero-order chi connectivity index (χ0) is 22.1. The van der Waals surface area contributed by atoms with Crippen molar-refractivity contribution in [3.05, 3.63) is 35.0 Å². The van der Waals surface area contributed by atoms with E-state index in [1.807, 2.05) is 5.10 Å². The fraction of sp³-hybridized carbons (Fsp3) is 0.375. The number of benzene rings is 1. The van der Waals surface area contributed by atoms with Crippen molar-refractivity contribution in [3.63, 3.8) is 0 Å². The van der Waals surface area contributed by atoms with Gasteiger partial charge in [-0.25, -0.2) is 0 Å². The quantitative estimate of drug-likeness (QED) is 0.329. The average molecular weight is 453 g/mol. The van der Waals surface area contributed by atoms with E-state index >= 15 is 0 Å². The highest BCUT2D eigenvalue weighted by Crippen LogP contribution is 2.32. The second-order valence-electron chi connectivity index (χ2n) is 6.02. The maximum atomic E-state index is 12.6. The SMILES string of the molecule is Cc1cc(-c2noc(C(F)(F)F)n2)cc(C)c1OCCSc1n[nH]c(C(F)(F)F)n1. The molecule has 30 heavy (non-hydrogen) atoms. The van der Waals surface area contributed by atoms with Crippen LogP contribution in [0.25, 0.3) is 11.4 Å². The minimum absolute atomic E-state index is 0.0627. The van der Waals surface area contributed by atoms with Crippen LogP contribution in [0.5, 0.6) is 5.75 Å². The lowest BCUT2D eigenvalue weighted by molar-refractivity contribution is -0.159. The molecule has 1 aromatic carbocycles. The van der Waals surface area contributed by atoms with Crippen LogP contribution in [0.1, 0.15) is 22.8 Å². The molecule has 0 aliphatic heterocycles. The number of ether oxygens (including phenoxy) is 1. The highest BCUT2D eigenvalue weighted by Gasteiger charge is 2.38. The predicted octanol–water partition coefficient (Wildman–Crippen LogP) is 4.68. The summed E-state index contributed by atoms with van der Waals surface area (Å²) in [5.41, 5.74) is 1.56. The van der Waals surface area contributed by atoms with Crippen molar-refractivity contribution in [2.75, 3.05) is 12.4 Å². The Bertz CT molecular complexity index is 1010. The van der Waals surface area contributed by atoms with E-state index < -0.39 is 24.1 Å². The fourth-order valence-electron chi connectivity index (χ4n) is 2.48. The Labute approximate surface area is 169 Å². The van der Waals surface area contributed by atoms with E-state index in [0.717, 1.165) is 11.8 Å². The zero-order valence-corrected chi connectivity index (χ0v) is 16.2. The average Bonchev–Trinajstić information content (AvgIpc) is 3.29. The van der Waals surface area contributed by atoms with Crippen molar-refractivity contribution >= 4 is 11.8 Å². The summed E-state index contributed by atoms with van der Waals surface area (Å²) in [5, 5.41) is 8.58. The predicted molar refractivity (Wildman–Crippen MR) is 91.8 cm³/mol. The maximum absolute atomic E-state index is 12.6. The minimum Gasteiger partial charge on any atom is -0.492 e. The third kappa shape index (κ3) is 5.04. The van der Waals surface area contributed by atoms with Crippen molar-refractivity contribution in [3.8, 4) is 17.1 Å². The lowest BCUT2D eigenvalue weighted by Crippen LogP contribution is -2.07. The summed E-state index contributed by atoms with van der Waals surface area (Å²) < 4.78 is 85.2. The lowest BCUT2D eigenvalue weighted by Gasteiger charge is -2.12. The van der Waals surface area contributed by atoms with Crippen LogP contribution in [-0.2, 0) is 12.4 Å². The van der Waals surface area contributed by atoms with Gasteiger partial charge in [0.15, 0.2) is 0 Å². The summed E-state index contributed by atoms with van der Waals surface area (Å²) in [4.78, 5) is 6.69. The molecule has 162 valence electrons. The first-order chi connectivity index (χ1) is 13.9. The van der Waals surface area contributed by atoms with Gasteiger partial charge >= 0.3 is 18.2 Å². The topological polar surface area (TPSA) is 89.7 Å². The highest BCUT2D eigenvalue weighted by atomic mass is 32.2. The Kier molecular flexibility index (Phi) is 5.97. The maximum Gasteiger partial charge on any atom is 0.471 e. The van der Waals surface area contributed by atoms with Gasteiger partial charge in [-0.2, -0.15) is 36.3 Å². The fourth-order valence-corrected chi connectivity index (χ4v) is 3.09. The summed E-state index contributed by atoms with van der Waals surface area (Å²) in [6.07, 6.45) is -9.34. The van der Waals surface area contributed by atoms with Gasteiger partial charge in [0.05, 0.1) is 6.61 Å². The number of aromatic amines is 1. The Morgan fingerprint density at radius 2 is 1.70 bits per heavy atom. The van der Waals surface area contributed by atoms with Gasteiger partial charge in [-0.15, -0.1) is 5.10 Å². The van der Waals surface area contributed by atoms with Crippen molar-refractivity contribution in [2.45, 2.75) is 31.4 Å². The van der Waals surface area contributed by atoms with Crippen LogP contribution < -0.4 is 4.74 Å². The van der Waals surface area contributed by atoms with Gasteiger partial charge in [0, 0.05) is 11.3 Å². The highest BCUT2D eigenvalue weighted by molar-refractivity contribution is 7.99. The van der Waals surface area contributed by atoms with Gasteiger partial charge in [0.1, 0.15) is 5.75 Å². The Morgan fingerprint density at radius 3 is 2.23 bits per heavy atom. The van der Waals surface area contributed by atoms with Crippen molar-refractivity contribution in [1.82, 2.24) is 25.3 Å². The minimum atomic E-state index is -4.74. The number of aryl methyl sites for hydroxylation is 2. The summed E-state index contributed by atoms with van der Waals surface area (Å²) in [7, 11) is 0. The van der Waals surface area contributed by atoms with E-state index in [0.29, 0.717) is 22.4 Å². The molecule has 2 heterocycles. The summed E-state index contributed by atoms with van der Waals surface area (Å²) in [6, 6.07) is 3.09. The third-order valence-electron chi connectivity index (χ3n) is 3.68. The molecule has 0 bridgehead atoms. The first-order valence-corrected chi connectivity index (χ1v) is 9.21. The molecule has 0 unspecified atom stereocenters. The number of rotatable bonds is 6. The number of nitrogens with one attached hydrogen (secondary N) is 1. The van der Waals surface area contributed by atoms with Crippen LogP contribution in [0, 0.1) is 13.8 Å². The number of aromatic nitrogens is 5. The van der Waals surface area contributed by atoms with Gasteiger partial charge in [0.2, 0.25) is 16.8 Å². The number of alkyl halides is 6. The number of nitrogens with zero attached hydrogens (tertiary/aromatic N) is 4. The van der Waals surface area contributed by atoms with Gasteiger partial charge in [0.25, 0.3) is 0 Å². The molecule has 3 aromatic rings. The molecule has 2 aromatic heterocycles. The van der Waals surface area contributed by atoms with Crippen LogP contribution in [0.3, 0.4) is 0 Å². The molecule has 0 radical (unpaired) electrons. The van der Waals surface area contributed by atoms with Crippen LogP contribution in [0.15, 0.2) is 21.8 Å². The van der Waals surface area contributed by atoms with E-state index in [-0.39, 0.29) is 23.3 Å². The molecular formula is C16H13F6N5O2S. The monoisotopic (exact) mass is 453 g/mol. The van der Waals surface area contributed by atoms with Crippen molar-refractivity contribution in [2.24, 2.45) is 0 Å². The first-order valence-electron chi connectivity index (χ1n) is 8.23. The van der Waals surface area contributed by atoms with Gasteiger partial charge in [-0.3, -0.25) is 5.10 Å². The Hall–Kier alpha value is -2.77. The molecular weight excluding hydrogens is 440 g/mol. The largest absolute Gasteiger partial charge is 0.492 e. The molecule has 3 rings (SSSR count). The molecule has 0 amide bonds. The molecule has 0 aliphatic rings. The van der Waals surface area contributed by atoms with E-state index in [4.69, 9.17) is 4.74 Å². The number of H-pyrrole nitrogens is 1. The smallest absolute Gasteiger partial charge is 0.471 e.